The number of hydrogen-bond acceptors (Lipinski definition) is 6. The normalized spacial score (nSPS) is 10.5. The van der Waals surface area contributed by atoms with E-state index in [-0.39, 0.29) is 11.3 Å². The Balaban J connectivity index is 1.65. The van der Waals surface area contributed by atoms with Gasteiger partial charge in [0.2, 0.25) is 0 Å². The largest absolute Gasteiger partial charge is 0.452 e. The van der Waals surface area contributed by atoms with Gasteiger partial charge in [-0.25, -0.2) is 9.48 Å². The van der Waals surface area contributed by atoms with Crippen LogP contribution in [-0.2, 0) is 9.53 Å². The summed E-state index contributed by atoms with van der Waals surface area (Å²) in [6.45, 7) is 4.63. The Hall–Kier alpha value is -4.01. The van der Waals surface area contributed by atoms with Crippen LogP contribution in [-0.4, -0.2) is 33.2 Å². The molecule has 30 heavy (non-hydrogen) atoms. The third kappa shape index (κ3) is 4.35. The summed E-state index contributed by atoms with van der Waals surface area (Å²) in [5, 5.41) is 18.0. The molecule has 0 unspecified atom stereocenters. The van der Waals surface area contributed by atoms with Crippen molar-refractivity contribution in [2.75, 3.05) is 11.9 Å². The maximum atomic E-state index is 12.3. The minimum absolute atomic E-state index is 0.0920. The minimum atomic E-state index is -0.739. The van der Waals surface area contributed by atoms with Gasteiger partial charge in [0.15, 0.2) is 6.61 Å². The number of amides is 1. The summed E-state index contributed by atoms with van der Waals surface area (Å²) < 4.78 is 6.76. The molecule has 0 aliphatic carbocycles. The summed E-state index contributed by atoms with van der Waals surface area (Å²) in [7, 11) is 0. The summed E-state index contributed by atoms with van der Waals surface area (Å²) in [6, 6.07) is 13.4. The molecule has 9 nitrogen and oxygen atoms in total. The number of rotatable bonds is 6. The van der Waals surface area contributed by atoms with Gasteiger partial charge in [0.1, 0.15) is 0 Å². The van der Waals surface area contributed by atoms with Gasteiger partial charge in [-0.15, -0.1) is 0 Å². The summed E-state index contributed by atoms with van der Waals surface area (Å²) in [5.41, 5.74) is 3.15. The Morgan fingerprint density at radius 3 is 2.47 bits per heavy atom. The van der Waals surface area contributed by atoms with Crippen LogP contribution >= 0.6 is 0 Å². The monoisotopic (exact) mass is 408 g/mol. The lowest BCUT2D eigenvalue weighted by Gasteiger charge is -2.08. The maximum absolute atomic E-state index is 12.3. The van der Waals surface area contributed by atoms with Crippen molar-refractivity contribution in [3.05, 3.63) is 81.2 Å². The number of carbonyl (C=O) groups is 2. The van der Waals surface area contributed by atoms with Gasteiger partial charge in [-0.1, -0.05) is 18.2 Å². The van der Waals surface area contributed by atoms with E-state index in [1.165, 1.54) is 25.1 Å². The number of aromatic nitrogens is 2. The second kappa shape index (κ2) is 8.56. The molecule has 0 aliphatic heterocycles. The summed E-state index contributed by atoms with van der Waals surface area (Å²) in [4.78, 5) is 34.8. The number of para-hydroxylation sites is 1. The smallest absolute Gasteiger partial charge is 0.338 e. The molecule has 0 saturated heterocycles. The third-order valence-electron chi connectivity index (χ3n) is 4.52. The quantitative estimate of drug-likeness (QED) is 0.379. The molecular formula is C21H20N4O5. The molecule has 1 N–H and O–H groups in total. The highest BCUT2D eigenvalue weighted by atomic mass is 16.6. The van der Waals surface area contributed by atoms with Crippen LogP contribution in [0.5, 0.6) is 0 Å². The number of anilines is 1. The Morgan fingerprint density at radius 1 is 1.13 bits per heavy atom. The molecule has 3 aromatic rings. The first-order valence-electron chi connectivity index (χ1n) is 9.11. The van der Waals surface area contributed by atoms with Gasteiger partial charge < -0.3 is 10.1 Å². The molecule has 0 aliphatic rings. The maximum Gasteiger partial charge on any atom is 0.338 e. The number of nitrogens with one attached hydrogen (secondary N) is 1. The number of hydrogen-bond donors (Lipinski definition) is 1. The van der Waals surface area contributed by atoms with Crippen molar-refractivity contribution in [2.45, 2.75) is 20.8 Å². The molecule has 9 heteroatoms. The second-order valence-corrected chi connectivity index (χ2v) is 6.68. The van der Waals surface area contributed by atoms with E-state index in [1.807, 2.05) is 37.3 Å². The number of nitro benzene ring substituents is 1. The zero-order valence-corrected chi connectivity index (χ0v) is 16.7. The molecule has 0 bridgehead atoms. The molecule has 154 valence electrons. The number of aryl methyl sites for hydroxylation is 2. The van der Waals surface area contributed by atoms with E-state index in [1.54, 1.807) is 11.6 Å². The number of carbonyl (C=O) groups excluding carboxylic acids is 2. The average Bonchev–Trinajstić information content (AvgIpc) is 3.00. The van der Waals surface area contributed by atoms with E-state index >= 15 is 0 Å². The molecule has 1 amide bonds. The molecule has 0 atom stereocenters. The molecule has 1 heterocycles. The highest BCUT2D eigenvalue weighted by molar-refractivity contribution is 5.96. The van der Waals surface area contributed by atoms with Crippen LogP contribution in [0.3, 0.4) is 0 Å². The van der Waals surface area contributed by atoms with Crippen LogP contribution < -0.4 is 5.32 Å². The molecule has 0 spiro atoms. The van der Waals surface area contributed by atoms with Gasteiger partial charge in [-0.2, -0.15) is 5.10 Å². The fourth-order valence-corrected chi connectivity index (χ4v) is 3.02. The Morgan fingerprint density at radius 2 is 1.83 bits per heavy atom. The molecule has 0 radical (unpaired) electrons. The van der Waals surface area contributed by atoms with Gasteiger partial charge in [0.25, 0.3) is 11.6 Å². The first-order chi connectivity index (χ1) is 14.3. The Labute approximate surface area is 172 Å². The third-order valence-corrected chi connectivity index (χ3v) is 4.52. The van der Waals surface area contributed by atoms with E-state index in [9.17, 15) is 19.7 Å². The predicted octanol–water partition coefficient (Wildman–Crippen LogP) is 3.50. The van der Waals surface area contributed by atoms with E-state index in [2.05, 4.69) is 10.4 Å². The van der Waals surface area contributed by atoms with E-state index in [0.29, 0.717) is 16.9 Å². The fraction of sp³-hybridized carbons (Fsp3) is 0.190. The van der Waals surface area contributed by atoms with Gasteiger partial charge in [0.05, 0.1) is 33.2 Å². The highest BCUT2D eigenvalue weighted by Gasteiger charge is 2.18. The van der Waals surface area contributed by atoms with Crippen LogP contribution in [0, 0.1) is 30.9 Å². The second-order valence-electron chi connectivity index (χ2n) is 6.68. The summed E-state index contributed by atoms with van der Waals surface area (Å²) >= 11 is 0. The van der Waals surface area contributed by atoms with Crippen LogP contribution in [0.4, 0.5) is 11.4 Å². The highest BCUT2D eigenvalue weighted by Crippen LogP contribution is 2.23. The van der Waals surface area contributed by atoms with Crippen LogP contribution in [0.15, 0.2) is 48.5 Å². The van der Waals surface area contributed by atoms with Crippen molar-refractivity contribution in [2.24, 2.45) is 0 Å². The lowest BCUT2D eigenvalue weighted by molar-refractivity contribution is -0.385. The van der Waals surface area contributed by atoms with Crippen molar-refractivity contribution in [1.29, 1.82) is 0 Å². The number of benzene rings is 2. The van der Waals surface area contributed by atoms with Crippen LogP contribution in [0.25, 0.3) is 5.69 Å². The molecule has 1 aromatic heterocycles. The van der Waals surface area contributed by atoms with Crippen molar-refractivity contribution >= 4 is 23.3 Å². The molecule has 3 rings (SSSR count). The number of esters is 1. The summed E-state index contributed by atoms with van der Waals surface area (Å²) in [5.74, 6) is -1.25. The number of ether oxygens (including phenoxy) is 1. The van der Waals surface area contributed by atoms with E-state index in [4.69, 9.17) is 4.74 Å². The average molecular weight is 408 g/mol. The van der Waals surface area contributed by atoms with Crippen LogP contribution in [0.2, 0.25) is 0 Å². The topological polar surface area (TPSA) is 116 Å². The van der Waals surface area contributed by atoms with Gasteiger partial charge in [-0.05, 0) is 45.0 Å². The van der Waals surface area contributed by atoms with E-state index in [0.717, 1.165) is 11.4 Å². The summed E-state index contributed by atoms with van der Waals surface area (Å²) in [6.07, 6.45) is 0. The zero-order chi connectivity index (χ0) is 21.8. The van der Waals surface area contributed by atoms with Crippen molar-refractivity contribution in [1.82, 2.24) is 9.78 Å². The molecular weight excluding hydrogens is 388 g/mol. The fourth-order valence-electron chi connectivity index (χ4n) is 3.02. The Kier molecular flexibility index (Phi) is 5.91. The minimum Gasteiger partial charge on any atom is -0.452 e. The van der Waals surface area contributed by atoms with E-state index < -0.39 is 23.4 Å². The Bertz CT molecular complexity index is 1120. The molecule has 0 fully saturated rings. The van der Waals surface area contributed by atoms with Gasteiger partial charge in [0, 0.05) is 11.6 Å². The van der Waals surface area contributed by atoms with Crippen molar-refractivity contribution in [3.63, 3.8) is 0 Å². The van der Waals surface area contributed by atoms with Gasteiger partial charge >= 0.3 is 5.97 Å². The first kappa shape index (κ1) is 20.7. The standard InChI is InChI=1S/C21H20N4O5/c1-13-11-16(9-10-18(13)25(28)29)21(27)30-12-19(26)22-20-14(2)23-24(15(20)3)17-7-5-4-6-8-17/h4-11H,12H2,1-3H3,(H,22,26). The van der Waals surface area contributed by atoms with Crippen LogP contribution in [0.1, 0.15) is 27.3 Å². The molecule has 2 aromatic carbocycles. The van der Waals surface area contributed by atoms with Crippen molar-refractivity contribution < 1.29 is 19.2 Å². The SMILES string of the molecule is Cc1cc(C(=O)OCC(=O)Nc2c(C)nn(-c3ccccc3)c2C)ccc1[N+](=O)[O-]. The lowest BCUT2D eigenvalue weighted by Crippen LogP contribution is -2.21. The lowest BCUT2D eigenvalue weighted by atomic mass is 10.1. The number of nitrogens with zero attached hydrogens (tertiary/aromatic N) is 3. The predicted molar refractivity (Wildman–Crippen MR) is 110 cm³/mol. The number of nitro groups is 1. The first-order valence-corrected chi connectivity index (χ1v) is 9.11. The molecule has 0 saturated carbocycles. The van der Waals surface area contributed by atoms with Gasteiger partial charge in [-0.3, -0.25) is 14.9 Å². The van der Waals surface area contributed by atoms with Crippen molar-refractivity contribution in [3.8, 4) is 5.69 Å². The zero-order valence-electron chi connectivity index (χ0n) is 16.7.